The van der Waals surface area contributed by atoms with E-state index in [2.05, 4.69) is 0 Å². The number of hydrogen-bond acceptors (Lipinski definition) is 1. The van der Waals surface area contributed by atoms with Crippen LogP contribution in [0.3, 0.4) is 0 Å². The molecule has 0 aliphatic heterocycles. The Balaban J connectivity index is 2.16. The molecule has 0 bridgehead atoms. The van der Waals surface area contributed by atoms with Crippen molar-refractivity contribution in [1.29, 1.82) is 0 Å². The standard InChI is InChI=1S/C13H15ClO2/c14-11-6-4-10(5-7-11)12(8-13(15)16)9-2-1-3-9/h4-7,9,12H,1-3,8H2,(H,15,16). The van der Waals surface area contributed by atoms with E-state index in [0.29, 0.717) is 10.9 Å². The van der Waals surface area contributed by atoms with Crippen LogP contribution in [-0.4, -0.2) is 11.1 Å². The number of benzene rings is 1. The van der Waals surface area contributed by atoms with Crippen LogP contribution in [-0.2, 0) is 4.79 Å². The van der Waals surface area contributed by atoms with Gasteiger partial charge in [-0.3, -0.25) is 4.79 Å². The van der Waals surface area contributed by atoms with Crippen LogP contribution in [0, 0.1) is 5.92 Å². The van der Waals surface area contributed by atoms with Gasteiger partial charge in [0.25, 0.3) is 0 Å². The van der Waals surface area contributed by atoms with Gasteiger partial charge in [-0.05, 0) is 42.4 Å². The second-order valence-corrected chi connectivity index (χ2v) is 4.88. The highest BCUT2D eigenvalue weighted by molar-refractivity contribution is 6.30. The second-order valence-electron chi connectivity index (χ2n) is 4.45. The van der Waals surface area contributed by atoms with Gasteiger partial charge < -0.3 is 5.11 Å². The van der Waals surface area contributed by atoms with E-state index >= 15 is 0 Å². The predicted octanol–water partition coefficient (Wildman–Crippen LogP) is 3.70. The summed E-state index contributed by atoms with van der Waals surface area (Å²) in [6, 6.07) is 7.58. The topological polar surface area (TPSA) is 37.3 Å². The number of carbonyl (C=O) groups is 1. The van der Waals surface area contributed by atoms with E-state index < -0.39 is 5.97 Å². The minimum Gasteiger partial charge on any atom is -0.481 e. The van der Waals surface area contributed by atoms with Crippen molar-refractivity contribution in [2.24, 2.45) is 5.92 Å². The molecule has 0 aromatic heterocycles. The summed E-state index contributed by atoms with van der Waals surface area (Å²) in [5.74, 6) is -0.0207. The number of rotatable bonds is 4. The zero-order chi connectivity index (χ0) is 11.5. The van der Waals surface area contributed by atoms with Crippen LogP contribution in [0.1, 0.15) is 37.2 Å². The number of carboxylic acid groups (broad SMARTS) is 1. The molecule has 0 radical (unpaired) electrons. The molecule has 1 aromatic carbocycles. The maximum absolute atomic E-state index is 10.9. The first kappa shape index (κ1) is 11.5. The van der Waals surface area contributed by atoms with Crippen molar-refractivity contribution in [2.75, 3.05) is 0 Å². The van der Waals surface area contributed by atoms with Crippen LogP contribution in [0.5, 0.6) is 0 Å². The fourth-order valence-corrected chi connectivity index (χ4v) is 2.42. The monoisotopic (exact) mass is 238 g/mol. The molecule has 0 heterocycles. The number of hydrogen-bond donors (Lipinski definition) is 1. The lowest BCUT2D eigenvalue weighted by Gasteiger charge is -2.33. The first-order chi connectivity index (χ1) is 7.66. The van der Waals surface area contributed by atoms with Gasteiger partial charge in [0.2, 0.25) is 0 Å². The van der Waals surface area contributed by atoms with Gasteiger partial charge in [0.05, 0.1) is 6.42 Å². The van der Waals surface area contributed by atoms with Gasteiger partial charge in [0.15, 0.2) is 0 Å². The van der Waals surface area contributed by atoms with Crippen LogP contribution in [0.4, 0.5) is 0 Å². The highest BCUT2D eigenvalue weighted by Crippen LogP contribution is 2.41. The van der Waals surface area contributed by atoms with E-state index in [-0.39, 0.29) is 12.3 Å². The Kier molecular flexibility index (Phi) is 3.49. The summed E-state index contributed by atoms with van der Waals surface area (Å²) in [5.41, 5.74) is 1.11. The Hall–Kier alpha value is -1.02. The van der Waals surface area contributed by atoms with E-state index in [1.807, 2.05) is 24.3 Å². The molecule has 2 rings (SSSR count). The minimum atomic E-state index is -0.716. The molecule has 3 heteroatoms. The van der Waals surface area contributed by atoms with E-state index in [1.54, 1.807) is 0 Å². The van der Waals surface area contributed by atoms with Gasteiger partial charge >= 0.3 is 5.97 Å². The average molecular weight is 239 g/mol. The summed E-state index contributed by atoms with van der Waals surface area (Å²) in [4.78, 5) is 10.9. The van der Waals surface area contributed by atoms with Gasteiger partial charge in [-0.15, -0.1) is 0 Å². The molecule has 1 fully saturated rings. The van der Waals surface area contributed by atoms with Crippen LogP contribution in [0.25, 0.3) is 0 Å². The Labute approximate surface area is 100 Å². The summed E-state index contributed by atoms with van der Waals surface area (Å²) in [6.07, 6.45) is 3.77. The minimum absolute atomic E-state index is 0.156. The smallest absolute Gasteiger partial charge is 0.303 e. The molecule has 1 aliphatic carbocycles. The molecule has 1 N–H and O–H groups in total. The van der Waals surface area contributed by atoms with E-state index in [4.69, 9.17) is 16.7 Å². The maximum Gasteiger partial charge on any atom is 0.303 e. The average Bonchev–Trinajstić information content (AvgIpc) is 2.14. The van der Waals surface area contributed by atoms with E-state index in [9.17, 15) is 4.79 Å². The molecule has 1 saturated carbocycles. The predicted molar refractivity (Wildman–Crippen MR) is 63.8 cm³/mol. The van der Waals surface area contributed by atoms with Crippen LogP contribution >= 0.6 is 11.6 Å². The van der Waals surface area contributed by atoms with Gasteiger partial charge in [-0.2, -0.15) is 0 Å². The van der Waals surface area contributed by atoms with Crippen molar-refractivity contribution >= 4 is 17.6 Å². The molecule has 1 atom stereocenters. The summed E-state index contributed by atoms with van der Waals surface area (Å²) in [5, 5.41) is 9.64. The summed E-state index contributed by atoms with van der Waals surface area (Å²) in [6.45, 7) is 0. The van der Waals surface area contributed by atoms with Gasteiger partial charge in [-0.25, -0.2) is 0 Å². The summed E-state index contributed by atoms with van der Waals surface area (Å²) in [7, 11) is 0. The number of aliphatic carboxylic acids is 1. The summed E-state index contributed by atoms with van der Waals surface area (Å²) >= 11 is 5.83. The van der Waals surface area contributed by atoms with Gasteiger partial charge in [-0.1, -0.05) is 30.2 Å². The van der Waals surface area contributed by atoms with Crippen molar-refractivity contribution in [3.63, 3.8) is 0 Å². The third-order valence-electron chi connectivity index (χ3n) is 3.41. The lowest BCUT2D eigenvalue weighted by atomic mass is 9.72. The maximum atomic E-state index is 10.9. The SMILES string of the molecule is O=C(O)CC(c1ccc(Cl)cc1)C1CCC1. The Morgan fingerprint density at radius 3 is 2.44 bits per heavy atom. The zero-order valence-corrected chi connectivity index (χ0v) is 9.78. The summed E-state index contributed by atoms with van der Waals surface area (Å²) < 4.78 is 0. The van der Waals surface area contributed by atoms with Gasteiger partial charge in [0.1, 0.15) is 0 Å². The lowest BCUT2D eigenvalue weighted by Crippen LogP contribution is -2.22. The van der Waals surface area contributed by atoms with E-state index in [1.165, 1.54) is 6.42 Å². The second kappa shape index (κ2) is 4.88. The van der Waals surface area contributed by atoms with Crippen molar-refractivity contribution in [3.8, 4) is 0 Å². The Morgan fingerprint density at radius 1 is 1.38 bits per heavy atom. The van der Waals surface area contributed by atoms with Crippen LogP contribution < -0.4 is 0 Å². The van der Waals surface area contributed by atoms with E-state index in [0.717, 1.165) is 18.4 Å². The van der Waals surface area contributed by atoms with Crippen molar-refractivity contribution in [3.05, 3.63) is 34.9 Å². The van der Waals surface area contributed by atoms with Crippen molar-refractivity contribution in [2.45, 2.75) is 31.6 Å². The molecule has 1 aliphatic rings. The molecule has 0 amide bonds. The van der Waals surface area contributed by atoms with Crippen LogP contribution in [0.2, 0.25) is 5.02 Å². The Bertz CT molecular complexity index is 368. The molecule has 1 aromatic rings. The number of carboxylic acids is 1. The first-order valence-electron chi connectivity index (χ1n) is 5.64. The third kappa shape index (κ3) is 2.56. The fraction of sp³-hybridized carbons (Fsp3) is 0.462. The third-order valence-corrected chi connectivity index (χ3v) is 3.66. The highest BCUT2D eigenvalue weighted by Gasteiger charge is 2.29. The molecular weight excluding hydrogens is 224 g/mol. The molecule has 0 spiro atoms. The molecule has 2 nitrogen and oxygen atoms in total. The van der Waals surface area contributed by atoms with Crippen molar-refractivity contribution < 1.29 is 9.90 Å². The molecule has 1 unspecified atom stereocenters. The molecular formula is C13H15ClO2. The molecule has 16 heavy (non-hydrogen) atoms. The van der Waals surface area contributed by atoms with Crippen molar-refractivity contribution in [1.82, 2.24) is 0 Å². The quantitative estimate of drug-likeness (QED) is 0.869. The lowest BCUT2D eigenvalue weighted by molar-refractivity contribution is -0.138. The normalized spacial score (nSPS) is 17.8. The van der Waals surface area contributed by atoms with Crippen LogP contribution in [0.15, 0.2) is 24.3 Å². The molecule has 0 saturated heterocycles. The first-order valence-corrected chi connectivity index (χ1v) is 6.02. The van der Waals surface area contributed by atoms with Gasteiger partial charge in [0, 0.05) is 5.02 Å². The fourth-order valence-electron chi connectivity index (χ4n) is 2.30. The largest absolute Gasteiger partial charge is 0.481 e. The molecule has 86 valence electrons. The Morgan fingerprint density at radius 2 is 2.00 bits per heavy atom. The zero-order valence-electron chi connectivity index (χ0n) is 9.03. The number of halogens is 1. The highest BCUT2D eigenvalue weighted by atomic mass is 35.5.